The van der Waals surface area contributed by atoms with Crippen molar-refractivity contribution in [2.75, 3.05) is 33.4 Å². The first-order chi connectivity index (χ1) is 26.7. The predicted molar refractivity (Wildman–Crippen MR) is 238 cm³/mol. The predicted octanol–water partition coefficient (Wildman–Crippen LogP) is 14.2. The molecule has 1 unspecified atom stereocenters. The summed E-state index contributed by atoms with van der Waals surface area (Å²) >= 11 is 0. The van der Waals surface area contributed by atoms with E-state index in [1.165, 1.54) is 199 Å². The van der Waals surface area contributed by atoms with Crippen LogP contribution < -0.4 is 0 Å². The third-order valence-electron chi connectivity index (χ3n) is 11.0. The Balaban J connectivity index is -0.000000821. The molecule has 0 aromatic heterocycles. The minimum absolute atomic E-state index is 0.163. The Labute approximate surface area is 343 Å². The molecule has 0 aromatic carbocycles. The third-order valence-corrected chi connectivity index (χ3v) is 11.0. The molecular weight excluding hydrogens is 687 g/mol. The summed E-state index contributed by atoms with van der Waals surface area (Å²) in [5.41, 5.74) is 0. The van der Waals surface area contributed by atoms with E-state index in [1.807, 2.05) is 11.9 Å². The summed E-state index contributed by atoms with van der Waals surface area (Å²) in [6.07, 6.45) is 47.7. The van der Waals surface area contributed by atoms with E-state index >= 15 is 0 Å². The lowest BCUT2D eigenvalue weighted by Gasteiger charge is -2.11. The first kappa shape index (κ1) is 58.1. The van der Waals surface area contributed by atoms with Gasteiger partial charge in [0.15, 0.2) is 0 Å². The molecule has 0 aliphatic rings. The standard InChI is InChI=1S/C22H44O2.C21H42O2.C5H13NO2/c1-2-3-4-5-6-7-8-9-10-11-12-13-14-15-16-17-18-19-20-21-22(23)24;1-3-20(2)18-16-14-12-10-8-6-4-5-7-9-11-13-15-17-19-21(22)23;1-6(2-4-7)3-5-8/h2-21H2,1H3,(H,23,24);20H,3-19H2,1-2H3,(H,22,23);7-8H,2-5H2,1H3. The topological polar surface area (TPSA) is 118 Å². The van der Waals surface area contributed by atoms with Crippen molar-refractivity contribution in [2.24, 2.45) is 5.92 Å². The van der Waals surface area contributed by atoms with Crippen molar-refractivity contribution < 1.29 is 30.0 Å². The van der Waals surface area contributed by atoms with E-state index in [0.29, 0.717) is 25.9 Å². The second-order valence-corrected chi connectivity index (χ2v) is 16.7. The van der Waals surface area contributed by atoms with Crippen LogP contribution in [0.3, 0.4) is 0 Å². The highest BCUT2D eigenvalue weighted by molar-refractivity contribution is 5.66. The number of carbonyl (C=O) groups is 2. The zero-order valence-electron chi connectivity index (χ0n) is 37.6. The fourth-order valence-electron chi connectivity index (χ4n) is 6.90. The van der Waals surface area contributed by atoms with E-state index < -0.39 is 11.9 Å². The summed E-state index contributed by atoms with van der Waals surface area (Å²) in [7, 11) is 1.85. The molecule has 7 heteroatoms. The Bertz CT molecular complexity index is 715. The van der Waals surface area contributed by atoms with E-state index in [2.05, 4.69) is 20.8 Å². The molecule has 0 saturated carbocycles. The van der Waals surface area contributed by atoms with E-state index in [0.717, 1.165) is 31.6 Å². The summed E-state index contributed by atoms with van der Waals surface area (Å²) in [5, 5.41) is 33.8. The van der Waals surface area contributed by atoms with E-state index in [9.17, 15) is 9.59 Å². The van der Waals surface area contributed by atoms with Crippen LogP contribution in [0.1, 0.15) is 258 Å². The van der Waals surface area contributed by atoms with Crippen molar-refractivity contribution in [3.8, 4) is 0 Å². The van der Waals surface area contributed by atoms with E-state index in [-0.39, 0.29) is 13.2 Å². The zero-order chi connectivity index (χ0) is 41.3. The van der Waals surface area contributed by atoms with Gasteiger partial charge in [-0.25, -0.2) is 0 Å². The molecule has 0 heterocycles. The monoisotopic (exact) mass is 786 g/mol. The van der Waals surface area contributed by atoms with Crippen LogP contribution in [-0.2, 0) is 9.59 Å². The van der Waals surface area contributed by atoms with Crippen molar-refractivity contribution in [1.29, 1.82) is 0 Å². The minimum atomic E-state index is -0.652. The Morgan fingerprint density at radius 3 is 0.873 bits per heavy atom. The summed E-state index contributed by atoms with van der Waals surface area (Å²) in [5.74, 6) is -0.380. The van der Waals surface area contributed by atoms with Crippen molar-refractivity contribution in [3.63, 3.8) is 0 Å². The maximum atomic E-state index is 10.4. The molecule has 7 nitrogen and oxygen atoms in total. The maximum Gasteiger partial charge on any atom is 0.303 e. The van der Waals surface area contributed by atoms with Crippen molar-refractivity contribution >= 4 is 11.9 Å². The highest BCUT2D eigenvalue weighted by Gasteiger charge is 2.00. The average Bonchev–Trinajstić information content (AvgIpc) is 3.16. The highest BCUT2D eigenvalue weighted by Crippen LogP contribution is 2.17. The van der Waals surface area contributed by atoms with E-state index in [1.54, 1.807) is 0 Å². The Morgan fingerprint density at radius 1 is 0.418 bits per heavy atom. The molecule has 0 aliphatic carbocycles. The highest BCUT2D eigenvalue weighted by atomic mass is 16.4. The Kier molecular flexibility index (Phi) is 55.8. The Hall–Kier alpha value is -1.18. The largest absolute Gasteiger partial charge is 0.481 e. The third kappa shape index (κ3) is 62.2. The van der Waals surface area contributed by atoms with Crippen LogP contribution in [0.5, 0.6) is 0 Å². The molecule has 0 amide bonds. The van der Waals surface area contributed by atoms with Gasteiger partial charge in [0.25, 0.3) is 0 Å². The summed E-state index contributed by atoms with van der Waals surface area (Å²) in [6.45, 7) is 8.56. The second kappa shape index (κ2) is 52.8. The molecule has 0 saturated heterocycles. The molecular formula is C48H99NO6. The van der Waals surface area contributed by atoms with E-state index in [4.69, 9.17) is 20.4 Å². The normalized spacial score (nSPS) is 11.5. The molecule has 0 aliphatic heterocycles. The Morgan fingerprint density at radius 2 is 0.655 bits per heavy atom. The molecule has 0 radical (unpaired) electrons. The average molecular weight is 786 g/mol. The number of nitrogens with zero attached hydrogens (tertiary/aromatic N) is 1. The SMILES string of the molecule is CCC(C)CCCCCCCCCCCCCCCCC(=O)O.CCCCCCCCCCCCCCCCCCCCCC(=O)O.CN(CCO)CCO. The van der Waals surface area contributed by atoms with Gasteiger partial charge in [-0.15, -0.1) is 0 Å². The molecule has 4 N–H and O–H groups in total. The second-order valence-electron chi connectivity index (χ2n) is 16.7. The number of hydrogen-bond donors (Lipinski definition) is 4. The van der Waals surface area contributed by atoms with Gasteiger partial charge in [-0.1, -0.05) is 233 Å². The summed E-state index contributed by atoms with van der Waals surface area (Å²) in [6, 6.07) is 0. The number of rotatable bonds is 42. The number of carboxylic acid groups (broad SMARTS) is 2. The first-order valence-electron chi connectivity index (χ1n) is 24.1. The number of aliphatic hydroxyl groups is 2. The lowest BCUT2D eigenvalue weighted by Crippen LogP contribution is -2.25. The maximum absolute atomic E-state index is 10.4. The van der Waals surface area contributed by atoms with Gasteiger partial charge in [-0.2, -0.15) is 0 Å². The number of aliphatic carboxylic acids is 2. The number of carboxylic acids is 2. The van der Waals surface area contributed by atoms with Gasteiger partial charge in [0.05, 0.1) is 13.2 Å². The molecule has 55 heavy (non-hydrogen) atoms. The summed E-state index contributed by atoms with van der Waals surface area (Å²) < 4.78 is 0. The van der Waals surface area contributed by atoms with Gasteiger partial charge in [0.2, 0.25) is 0 Å². The van der Waals surface area contributed by atoms with Gasteiger partial charge in [-0.3, -0.25) is 9.59 Å². The minimum Gasteiger partial charge on any atom is -0.481 e. The lowest BCUT2D eigenvalue weighted by molar-refractivity contribution is -0.138. The number of likely N-dealkylation sites (N-methyl/N-ethyl adjacent to an activating group) is 1. The molecule has 0 fully saturated rings. The smallest absolute Gasteiger partial charge is 0.303 e. The van der Waals surface area contributed by atoms with Crippen LogP contribution in [0.25, 0.3) is 0 Å². The molecule has 0 rings (SSSR count). The quantitative estimate of drug-likeness (QED) is 0.0455. The first-order valence-corrected chi connectivity index (χ1v) is 24.1. The molecule has 332 valence electrons. The van der Waals surface area contributed by atoms with Crippen LogP contribution in [0.4, 0.5) is 0 Å². The summed E-state index contributed by atoms with van der Waals surface area (Å²) in [4.78, 5) is 22.6. The van der Waals surface area contributed by atoms with Crippen LogP contribution in [0.2, 0.25) is 0 Å². The van der Waals surface area contributed by atoms with Gasteiger partial charge in [-0.05, 0) is 25.8 Å². The molecule has 1 atom stereocenters. The van der Waals surface area contributed by atoms with Crippen LogP contribution in [-0.4, -0.2) is 70.6 Å². The fourth-order valence-corrected chi connectivity index (χ4v) is 6.90. The van der Waals surface area contributed by atoms with Crippen LogP contribution >= 0.6 is 0 Å². The van der Waals surface area contributed by atoms with Crippen molar-refractivity contribution in [1.82, 2.24) is 4.90 Å². The molecule has 0 spiro atoms. The zero-order valence-corrected chi connectivity index (χ0v) is 37.6. The lowest BCUT2D eigenvalue weighted by atomic mass is 9.99. The van der Waals surface area contributed by atoms with Gasteiger partial charge >= 0.3 is 11.9 Å². The molecule has 0 aromatic rings. The number of hydrogen-bond acceptors (Lipinski definition) is 5. The number of unbranched alkanes of at least 4 members (excludes halogenated alkanes) is 31. The van der Waals surface area contributed by atoms with Gasteiger partial charge in [0, 0.05) is 25.9 Å². The van der Waals surface area contributed by atoms with Crippen molar-refractivity contribution in [3.05, 3.63) is 0 Å². The van der Waals surface area contributed by atoms with Gasteiger partial charge in [0.1, 0.15) is 0 Å². The van der Waals surface area contributed by atoms with Crippen LogP contribution in [0, 0.1) is 5.92 Å². The van der Waals surface area contributed by atoms with Gasteiger partial charge < -0.3 is 25.3 Å². The number of aliphatic hydroxyl groups excluding tert-OH is 2. The van der Waals surface area contributed by atoms with Crippen molar-refractivity contribution in [2.45, 2.75) is 258 Å². The van der Waals surface area contributed by atoms with Crippen LogP contribution in [0.15, 0.2) is 0 Å². The fraction of sp³-hybridized carbons (Fsp3) is 0.958. The molecule has 0 bridgehead atoms.